The zero-order chi connectivity index (χ0) is 21.0. The van der Waals surface area contributed by atoms with Crippen LogP contribution in [-0.2, 0) is 11.3 Å². The Morgan fingerprint density at radius 1 is 1.17 bits per heavy atom. The minimum atomic E-state index is -0.187. The number of hydrogen-bond acceptors (Lipinski definition) is 4. The molecule has 0 atom stereocenters. The SMILES string of the molecule is C=CCn1c(SCC(=O)Nc2ccc(Br)c(Cl)c2)nnc1-c1ccc(Cl)cc1Cl. The Hall–Kier alpha value is -1.51. The van der Waals surface area contributed by atoms with Gasteiger partial charge in [-0.1, -0.05) is 52.6 Å². The van der Waals surface area contributed by atoms with Crippen molar-refractivity contribution >= 4 is 74.1 Å². The molecule has 0 aliphatic carbocycles. The minimum Gasteiger partial charge on any atom is -0.325 e. The molecule has 0 saturated heterocycles. The number of rotatable bonds is 7. The van der Waals surface area contributed by atoms with Crippen molar-refractivity contribution in [2.75, 3.05) is 11.1 Å². The van der Waals surface area contributed by atoms with Crippen molar-refractivity contribution in [2.45, 2.75) is 11.7 Å². The molecule has 0 saturated carbocycles. The molecule has 5 nitrogen and oxygen atoms in total. The molecule has 10 heteroatoms. The molecule has 1 amide bonds. The molecule has 0 radical (unpaired) electrons. The molecule has 150 valence electrons. The smallest absolute Gasteiger partial charge is 0.234 e. The van der Waals surface area contributed by atoms with E-state index in [2.05, 4.69) is 38.0 Å². The Labute approximate surface area is 195 Å². The van der Waals surface area contributed by atoms with Gasteiger partial charge in [-0.15, -0.1) is 16.8 Å². The van der Waals surface area contributed by atoms with Gasteiger partial charge in [0.1, 0.15) is 0 Å². The molecule has 1 aromatic heterocycles. The van der Waals surface area contributed by atoms with Crippen LogP contribution in [0.15, 0.2) is 58.7 Å². The second-order valence-electron chi connectivity index (χ2n) is 5.80. The Balaban J connectivity index is 1.75. The maximum atomic E-state index is 12.3. The maximum Gasteiger partial charge on any atom is 0.234 e. The van der Waals surface area contributed by atoms with Crippen molar-refractivity contribution in [1.82, 2.24) is 14.8 Å². The number of benzene rings is 2. The van der Waals surface area contributed by atoms with Crippen LogP contribution in [0.3, 0.4) is 0 Å². The third kappa shape index (κ3) is 5.55. The summed E-state index contributed by atoms with van der Waals surface area (Å²) in [4.78, 5) is 12.3. The van der Waals surface area contributed by atoms with Crippen LogP contribution in [-0.4, -0.2) is 26.4 Å². The monoisotopic (exact) mass is 530 g/mol. The first kappa shape index (κ1) is 22.2. The van der Waals surface area contributed by atoms with Crippen molar-refractivity contribution in [2.24, 2.45) is 0 Å². The second kappa shape index (κ2) is 10.00. The molecule has 3 rings (SSSR count). The van der Waals surface area contributed by atoms with Gasteiger partial charge in [0, 0.05) is 27.3 Å². The molecule has 0 aliphatic rings. The van der Waals surface area contributed by atoms with Crippen molar-refractivity contribution in [3.05, 3.63) is 68.6 Å². The molecule has 1 N–H and O–H groups in total. The molecule has 0 unspecified atom stereocenters. The fourth-order valence-electron chi connectivity index (χ4n) is 2.46. The number of amides is 1. The van der Waals surface area contributed by atoms with Crippen LogP contribution in [0, 0.1) is 0 Å². The van der Waals surface area contributed by atoms with Gasteiger partial charge in [0.15, 0.2) is 11.0 Å². The summed E-state index contributed by atoms with van der Waals surface area (Å²) in [5.41, 5.74) is 1.32. The van der Waals surface area contributed by atoms with E-state index in [-0.39, 0.29) is 11.7 Å². The average Bonchev–Trinajstić information content (AvgIpc) is 3.06. The number of halogens is 4. The number of carbonyl (C=O) groups excluding carboxylic acids is 1. The first-order chi connectivity index (χ1) is 13.9. The van der Waals surface area contributed by atoms with E-state index in [0.29, 0.717) is 43.8 Å². The summed E-state index contributed by atoms with van der Waals surface area (Å²) >= 11 is 22.9. The third-order valence-corrected chi connectivity index (χ3v) is 6.48. The number of aromatic nitrogens is 3. The Morgan fingerprint density at radius 3 is 2.66 bits per heavy atom. The predicted octanol–water partition coefficient (Wildman–Crippen LogP) is 6.58. The fourth-order valence-corrected chi connectivity index (χ4v) is 4.13. The normalized spacial score (nSPS) is 10.8. The lowest BCUT2D eigenvalue weighted by Gasteiger charge is -2.09. The maximum absolute atomic E-state index is 12.3. The fraction of sp³-hybridized carbons (Fsp3) is 0.105. The number of nitrogens with zero attached hydrogens (tertiary/aromatic N) is 3. The molecule has 0 aliphatic heterocycles. The van der Waals surface area contributed by atoms with Crippen LogP contribution >= 0.6 is 62.5 Å². The number of allylic oxidation sites excluding steroid dienone is 1. The van der Waals surface area contributed by atoms with Crippen LogP contribution in [0.25, 0.3) is 11.4 Å². The summed E-state index contributed by atoms with van der Waals surface area (Å²) in [6.07, 6.45) is 1.73. The van der Waals surface area contributed by atoms with Gasteiger partial charge in [0.2, 0.25) is 5.91 Å². The standard InChI is InChI=1S/C19H14BrCl3N4OS/c1-2-7-27-18(13-5-3-11(21)8-15(13)22)25-26-19(27)29-10-17(28)24-12-4-6-14(20)16(23)9-12/h2-6,8-9H,1,7,10H2,(H,24,28). The highest BCUT2D eigenvalue weighted by Gasteiger charge is 2.17. The first-order valence-corrected chi connectivity index (χ1v) is 11.2. The van der Waals surface area contributed by atoms with Crippen molar-refractivity contribution < 1.29 is 4.79 Å². The molecule has 0 fully saturated rings. The molecule has 0 bridgehead atoms. The van der Waals surface area contributed by atoms with Gasteiger partial charge in [-0.2, -0.15) is 0 Å². The first-order valence-electron chi connectivity index (χ1n) is 8.26. The summed E-state index contributed by atoms with van der Waals surface area (Å²) in [6.45, 7) is 4.24. The van der Waals surface area contributed by atoms with Crippen LogP contribution in [0.5, 0.6) is 0 Å². The van der Waals surface area contributed by atoms with E-state index in [9.17, 15) is 4.79 Å². The van der Waals surface area contributed by atoms with Crippen LogP contribution in [0.2, 0.25) is 15.1 Å². The van der Waals surface area contributed by atoms with Gasteiger partial charge < -0.3 is 5.32 Å². The quantitative estimate of drug-likeness (QED) is 0.276. The Kier molecular flexibility index (Phi) is 7.65. The van der Waals surface area contributed by atoms with Crippen molar-refractivity contribution in [3.8, 4) is 11.4 Å². The zero-order valence-electron chi connectivity index (χ0n) is 14.8. The van der Waals surface area contributed by atoms with Gasteiger partial charge in [-0.25, -0.2) is 0 Å². The summed E-state index contributed by atoms with van der Waals surface area (Å²) in [5.74, 6) is 0.541. The van der Waals surface area contributed by atoms with E-state index in [1.807, 2.05) is 4.57 Å². The molecular formula is C19H14BrCl3N4OS. The number of thioether (sulfide) groups is 1. The van der Waals surface area contributed by atoms with Gasteiger partial charge >= 0.3 is 0 Å². The van der Waals surface area contributed by atoms with E-state index >= 15 is 0 Å². The summed E-state index contributed by atoms with van der Waals surface area (Å²) < 4.78 is 2.61. The molecule has 3 aromatic rings. The van der Waals surface area contributed by atoms with Crippen molar-refractivity contribution in [1.29, 1.82) is 0 Å². The Bertz CT molecular complexity index is 1070. The lowest BCUT2D eigenvalue weighted by Crippen LogP contribution is -2.14. The molecular weight excluding hydrogens is 519 g/mol. The van der Waals surface area contributed by atoms with E-state index in [0.717, 1.165) is 4.47 Å². The van der Waals surface area contributed by atoms with Crippen LogP contribution in [0.4, 0.5) is 5.69 Å². The Morgan fingerprint density at radius 2 is 1.97 bits per heavy atom. The molecule has 0 spiro atoms. The van der Waals surface area contributed by atoms with Gasteiger partial charge in [-0.05, 0) is 52.3 Å². The van der Waals surface area contributed by atoms with Gasteiger partial charge in [0.25, 0.3) is 0 Å². The number of anilines is 1. The summed E-state index contributed by atoms with van der Waals surface area (Å²) in [6, 6.07) is 10.4. The zero-order valence-corrected chi connectivity index (χ0v) is 19.5. The molecule has 29 heavy (non-hydrogen) atoms. The van der Waals surface area contributed by atoms with Gasteiger partial charge in [-0.3, -0.25) is 9.36 Å². The van der Waals surface area contributed by atoms with Gasteiger partial charge in [0.05, 0.1) is 15.8 Å². The molecule has 2 aromatic carbocycles. The topological polar surface area (TPSA) is 59.8 Å². The second-order valence-corrected chi connectivity index (χ2v) is 8.84. The van der Waals surface area contributed by atoms with Crippen molar-refractivity contribution in [3.63, 3.8) is 0 Å². The summed E-state index contributed by atoms with van der Waals surface area (Å²) in [5, 5.41) is 13.4. The van der Waals surface area contributed by atoms with Crippen LogP contribution < -0.4 is 5.32 Å². The number of nitrogens with one attached hydrogen (secondary N) is 1. The van der Waals surface area contributed by atoms with E-state index in [4.69, 9.17) is 34.8 Å². The predicted molar refractivity (Wildman–Crippen MR) is 124 cm³/mol. The lowest BCUT2D eigenvalue weighted by atomic mass is 10.2. The highest BCUT2D eigenvalue weighted by Crippen LogP contribution is 2.31. The lowest BCUT2D eigenvalue weighted by molar-refractivity contribution is -0.113. The largest absolute Gasteiger partial charge is 0.325 e. The van der Waals surface area contributed by atoms with E-state index in [1.54, 1.807) is 42.5 Å². The van der Waals surface area contributed by atoms with Crippen LogP contribution in [0.1, 0.15) is 0 Å². The average molecular weight is 533 g/mol. The number of hydrogen-bond donors (Lipinski definition) is 1. The third-order valence-electron chi connectivity index (χ3n) is 3.74. The van der Waals surface area contributed by atoms with E-state index < -0.39 is 0 Å². The highest BCUT2D eigenvalue weighted by atomic mass is 79.9. The number of carbonyl (C=O) groups is 1. The highest BCUT2D eigenvalue weighted by molar-refractivity contribution is 9.10. The summed E-state index contributed by atoms with van der Waals surface area (Å²) in [7, 11) is 0. The van der Waals surface area contributed by atoms with E-state index in [1.165, 1.54) is 11.8 Å². The molecule has 1 heterocycles. The minimum absolute atomic E-state index is 0.150.